The first-order valence-electron chi connectivity index (χ1n) is 8.93. The van der Waals surface area contributed by atoms with Crippen molar-refractivity contribution in [1.29, 1.82) is 0 Å². The first-order valence-corrected chi connectivity index (χ1v) is 8.93. The first kappa shape index (κ1) is 15.7. The summed E-state index contributed by atoms with van der Waals surface area (Å²) in [4.78, 5) is 19.5. The van der Waals surface area contributed by atoms with Crippen molar-refractivity contribution >= 4 is 38.7 Å². The van der Waals surface area contributed by atoms with Crippen LogP contribution in [0, 0.1) is 13.8 Å². The zero-order valence-electron chi connectivity index (χ0n) is 15.1. The van der Waals surface area contributed by atoms with Gasteiger partial charge in [-0.3, -0.25) is 0 Å². The summed E-state index contributed by atoms with van der Waals surface area (Å²) >= 11 is 0. The van der Waals surface area contributed by atoms with Crippen LogP contribution in [0.5, 0.6) is 5.75 Å². The Morgan fingerprint density at radius 2 is 1.56 bits per heavy atom. The van der Waals surface area contributed by atoms with Crippen LogP contribution < -0.4 is 4.74 Å². The quantitative estimate of drug-likeness (QED) is 0.318. The van der Waals surface area contributed by atoms with Crippen molar-refractivity contribution in [3.8, 4) is 5.75 Å². The van der Waals surface area contributed by atoms with Gasteiger partial charge in [-0.25, -0.2) is 4.79 Å². The number of aryl methyl sites for hydroxylation is 2. The van der Waals surface area contributed by atoms with Crippen LogP contribution in [0.3, 0.4) is 0 Å². The average Bonchev–Trinajstić information content (AvgIpc) is 3.22. The van der Waals surface area contributed by atoms with Gasteiger partial charge in [0.2, 0.25) is 0 Å². The van der Waals surface area contributed by atoms with Crippen molar-refractivity contribution in [2.75, 3.05) is 0 Å². The molecule has 0 radical (unpaired) electrons. The summed E-state index contributed by atoms with van der Waals surface area (Å²) in [5.41, 5.74) is 5.70. The topological polar surface area (TPSA) is 57.9 Å². The lowest BCUT2D eigenvalue weighted by atomic mass is 10.0. The number of aromatic amines is 2. The predicted octanol–water partition coefficient (Wildman–Crippen LogP) is 5.64. The molecule has 2 aromatic heterocycles. The van der Waals surface area contributed by atoms with Crippen molar-refractivity contribution < 1.29 is 9.53 Å². The van der Waals surface area contributed by atoms with Crippen molar-refractivity contribution in [2.45, 2.75) is 13.8 Å². The van der Waals surface area contributed by atoms with E-state index in [1.807, 2.05) is 37.3 Å². The molecule has 3 aromatic carbocycles. The molecule has 0 bridgehead atoms. The fourth-order valence-corrected chi connectivity index (χ4v) is 3.94. The second-order valence-electron chi connectivity index (χ2n) is 6.84. The van der Waals surface area contributed by atoms with Crippen LogP contribution in [0.15, 0.2) is 60.7 Å². The molecule has 0 unspecified atom stereocenters. The Morgan fingerprint density at radius 1 is 0.815 bits per heavy atom. The number of ether oxygens (including phenoxy) is 1. The number of esters is 1. The molecule has 132 valence electrons. The summed E-state index contributed by atoms with van der Waals surface area (Å²) in [7, 11) is 0. The van der Waals surface area contributed by atoms with Gasteiger partial charge in [-0.05, 0) is 49.2 Å². The maximum atomic E-state index is 12.7. The van der Waals surface area contributed by atoms with E-state index in [1.54, 1.807) is 12.1 Å². The zero-order chi connectivity index (χ0) is 18.5. The highest BCUT2D eigenvalue weighted by Crippen LogP contribution is 2.35. The smallest absolute Gasteiger partial charge is 0.360 e. The highest BCUT2D eigenvalue weighted by molar-refractivity contribution is 6.15. The van der Waals surface area contributed by atoms with Gasteiger partial charge in [0.25, 0.3) is 0 Å². The number of benzene rings is 3. The number of aromatic nitrogens is 2. The minimum atomic E-state index is -0.372. The van der Waals surface area contributed by atoms with Gasteiger partial charge >= 0.3 is 5.97 Å². The first-order chi connectivity index (χ1) is 13.1. The number of carbonyl (C=O) groups is 1. The maximum Gasteiger partial charge on any atom is 0.360 e. The normalized spacial score (nSPS) is 11.5. The third-order valence-corrected chi connectivity index (χ3v) is 5.22. The molecule has 2 N–H and O–H groups in total. The molecule has 27 heavy (non-hydrogen) atoms. The van der Waals surface area contributed by atoms with E-state index < -0.39 is 0 Å². The van der Waals surface area contributed by atoms with Crippen LogP contribution in [0.1, 0.15) is 21.6 Å². The summed E-state index contributed by atoms with van der Waals surface area (Å²) in [6.07, 6.45) is 0. The summed E-state index contributed by atoms with van der Waals surface area (Å²) in [5.74, 6) is 0.165. The van der Waals surface area contributed by atoms with Gasteiger partial charge in [-0.15, -0.1) is 0 Å². The van der Waals surface area contributed by atoms with Gasteiger partial charge in [0, 0.05) is 27.2 Å². The molecule has 0 spiro atoms. The molecule has 0 saturated heterocycles. The van der Waals surface area contributed by atoms with E-state index in [2.05, 4.69) is 35.1 Å². The standard InChI is InChI=1S/C23H18N2O2/c1-13-20-14(2)22(23(26)27-15-8-4-3-5-9-15)25-19(20)12-17-16-10-6-7-11-18(16)24-21(13)17/h3-12,24-25H,1-2H3. The highest BCUT2D eigenvalue weighted by Gasteiger charge is 2.20. The molecule has 4 heteroatoms. The van der Waals surface area contributed by atoms with Crippen LogP contribution in [0.2, 0.25) is 0 Å². The third kappa shape index (κ3) is 2.34. The minimum absolute atomic E-state index is 0.372. The van der Waals surface area contributed by atoms with Crippen LogP contribution >= 0.6 is 0 Å². The number of hydrogen-bond donors (Lipinski definition) is 2. The molecule has 0 aliphatic carbocycles. The number of fused-ring (bicyclic) bond motifs is 4. The van der Waals surface area contributed by atoms with Crippen molar-refractivity contribution in [2.24, 2.45) is 0 Å². The van der Waals surface area contributed by atoms with E-state index in [4.69, 9.17) is 4.74 Å². The second-order valence-corrected chi connectivity index (χ2v) is 6.84. The van der Waals surface area contributed by atoms with Gasteiger partial charge < -0.3 is 14.7 Å². The van der Waals surface area contributed by atoms with E-state index in [1.165, 1.54) is 5.39 Å². The van der Waals surface area contributed by atoms with Crippen LogP contribution in [-0.4, -0.2) is 15.9 Å². The lowest BCUT2D eigenvalue weighted by Crippen LogP contribution is -2.10. The Bertz CT molecular complexity index is 1330. The number of hydrogen-bond acceptors (Lipinski definition) is 2. The molecule has 0 atom stereocenters. The molecule has 5 rings (SSSR count). The molecule has 5 aromatic rings. The van der Waals surface area contributed by atoms with Gasteiger partial charge in [-0.2, -0.15) is 0 Å². The fraction of sp³-hybridized carbons (Fsp3) is 0.0870. The lowest BCUT2D eigenvalue weighted by molar-refractivity contribution is 0.0729. The van der Waals surface area contributed by atoms with E-state index in [-0.39, 0.29) is 5.97 Å². The Kier molecular flexibility index (Phi) is 3.34. The lowest BCUT2D eigenvalue weighted by Gasteiger charge is -2.03. The van der Waals surface area contributed by atoms with Crippen LogP contribution in [-0.2, 0) is 0 Å². The molecular formula is C23H18N2O2. The van der Waals surface area contributed by atoms with Gasteiger partial charge in [-0.1, -0.05) is 36.4 Å². The third-order valence-electron chi connectivity index (χ3n) is 5.22. The van der Waals surface area contributed by atoms with E-state index >= 15 is 0 Å². The molecular weight excluding hydrogens is 336 g/mol. The Balaban J connectivity index is 1.69. The minimum Gasteiger partial charge on any atom is -0.422 e. The largest absolute Gasteiger partial charge is 0.422 e. The summed E-state index contributed by atoms with van der Waals surface area (Å²) in [6.45, 7) is 4.05. The summed E-state index contributed by atoms with van der Waals surface area (Å²) in [5, 5.41) is 3.40. The van der Waals surface area contributed by atoms with E-state index in [0.29, 0.717) is 11.4 Å². The van der Waals surface area contributed by atoms with Crippen molar-refractivity contribution in [1.82, 2.24) is 9.97 Å². The van der Waals surface area contributed by atoms with Crippen LogP contribution in [0.4, 0.5) is 0 Å². The van der Waals surface area contributed by atoms with Crippen LogP contribution in [0.25, 0.3) is 32.7 Å². The SMILES string of the molecule is Cc1c(C(=O)Oc2ccccc2)[nH]c2cc3c([nH]c4ccccc43)c(C)c12. The van der Waals surface area contributed by atoms with E-state index in [9.17, 15) is 4.79 Å². The van der Waals surface area contributed by atoms with Crippen molar-refractivity contribution in [3.63, 3.8) is 0 Å². The van der Waals surface area contributed by atoms with Crippen molar-refractivity contribution in [3.05, 3.63) is 77.5 Å². The molecule has 0 fully saturated rings. The Labute approximate surface area is 155 Å². The molecule has 0 saturated carbocycles. The number of rotatable bonds is 2. The van der Waals surface area contributed by atoms with Gasteiger partial charge in [0.1, 0.15) is 11.4 Å². The summed E-state index contributed by atoms with van der Waals surface area (Å²) in [6, 6.07) is 19.5. The van der Waals surface area contributed by atoms with Gasteiger partial charge in [0.05, 0.1) is 5.52 Å². The average molecular weight is 354 g/mol. The molecule has 0 amide bonds. The molecule has 0 aliphatic rings. The predicted molar refractivity (Wildman–Crippen MR) is 109 cm³/mol. The number of nitrogens with one attached hydrogen (secondary N) is 2. The zero-order valence-corrected chi connectivity index (χ0v) is 15.1. The molecule has 0 aliphatic heterocycles. The number of H-pyrrole nitrogens is 2. The molecule has 2 heterocycles. The maximum absolute atomic E-state index is 12.7. The number of carbonyl (C=O) groups excluding carboxylic acids is 1. The molecule has 4 nitrogen and oxygen atoms in total. The second kappa shape index (κ2) is 5.74. The highest BCUT2D eigenvalue weighted by atomic mass is 16.5. The number of para-hydroxylation sites is 2. The van der Waals surface area contributed by atoms with Gasteiger partial charge in [0.15, 0.2) is 0 Å². The Hall–Kier alpha value is -3.53. The summed E-state index contributed by atoms with van der Waals surface area (Å²) < 4.78 is 5.52. The Morgan fingerprint density at radius 3 is 2.37 bits per heavy atom. The monoisotopic (exact) mass is 354 g/mol. The fourth-order valence-electron chi connectivity index (χ4n) is 3.94. The van der Waals surface area contributed by atoms with E-state index in [0.717, 1.165) is 38.4 Å².